The first-order valence-corrected chi connectivity index (χ1v) is 6.54. The Morgan fingerprint density at radius 1 is 1.14 bits per heavy atom. The van der Waals surface area contributed by atoms with Crippen LogP contribution in [0.25, 0.3) is 11.1 Å². The van der Waals surface area contributed by atoms with E-state index < -0.39 is 5.76 Å². The van der Waals surface area contributed by atoms with Crippen LogP contribution in [-0.4, -0.2) is 10.9 Å². The second-order valence-corrected chi connectivity index (χ2v) is 5.00. The Labute approximate surface area is 120 Å². The smallest absolute Gasteiger partial charge is 0.408 e. The zero-order chi connectivity index (χ0) is 15.0. The molecule has 0 aliphatic rings. The van der Waals surface area contributed by atoms with Gasteiger partial charge in [0.1, 0.15) is 0 Å². The number of rotatable bonds is 2. The van der Waals surface area contributed by atoms with E-state index >= 15 is 0 Å². The number of oxazole rings is 1. The first kappa shape index (κ1) is 13.2. The number of benzene rings is 2. The fraction of sp³-hybridized carbons (Fsp3) is 0.125. The van der Waals surface area contributed by atoms with Crippen molar-refractivity contribution in [1.29, 1.82) is 0 Å². The third kappa shape index (κ3) is 2.58. The van der Waals surface area contributed by atoms with Gasteiger partial charge in [-0.1, -0.05) is 17.7 Å². The highest BCUT2D eigenvalue weighted by Crippen LogP contribution is 2.18. The number of amides is 1. The van der Waals surface area contributed by atoms with Gasteiger partial charge in [0.25, 0.3) is 5.91 Å². The van der Waals surface area contributed by atoms with E-state index in [2.05, 4.69) is 10.3 Å². The van der Waals surface area contributed by atoms with Crippen molar-refractivity contribution in [2.45, 2.75) is 13.8 Å². The molecule has 1 amide bonds. The normalized spacial score (nSPS) is 10.8. The molecule has 1 aromatic heterocycles. The zero-order valence-electron chi connectivity index (χ0n) is 11.7. The van der Waals surface area contributed by atoms with Crippen molar-refractivity contribution in [3.05, 3.63) is 63.6 Å². The van der Waals surface area contributed by atoms with Crippen molar-refractivity contribution in [2.75, 3.05) is 5.32 Å². The highest BCUT2D eigenvalue weighted by molar-refractivity contribution is 6.05. The minimum absolute atomic E-state index is 0.179. The number of aryl methyl sites for hydroxylation is 2. The number of fused-ring (bicyclic) bond motifs is 1. The van der Waals surface area contributed by atoms with Crippen LogP contribution in [0.4, 0.5) is 5.69 Å². The van der Waals surface area contributed by atoms with Crippen molar-refractivity contribution in [1.82, 2.24) is 4.98 Å². The zero-order valence-corrected chi connectivity index (χ0v) is 11.7. The topological polar surface area (TPSA) is 75.1 Å². The van der Waals surface area contributed by atoms with E-state index in [0.717, 1.165) is 11.1 Å². The maximum absolute atomic E-state index is 12.3. The molecule has 2 N–H and O–H groups in total. The summed E-state index contributed by atoms with van der Waals surface area (Å²) in [5.74, 6) is -0.690. The Morgan fingerprint density at radius 2 is 1.95 bits per heavy atom. The van der Waals surface area contributed by atoms with Crippen LogP contribution in [0.3, 0.4) is 0 Å². The monoisotopic (exact) mass is 282 g/mol. The lowest BCUT2D eigenvalue weighted by Crippen LogP contribution is -2.13. The predicted octanol–water partition coefficient (Wildman–Crippen LogP) is 2.99. The molecule has 21 heavy (non-hydrogen) atoms. The summed E-state index contributed by atoms with van der Waals surface area (Å²) in [5.41, 5.74) is 4.20. The third-order valence-electron chi connectivity index (χ3n) is 3.31. The van der Waals surface area contributed by atoms with Crippen LogP contribution in [0.15, 0.2) is 45.6 Å². The third-order valence-corrected chi connectivity index (χ3v) is 3.31. The molecule has 2 aromatic carbocycles. The molecule has 5 nitrogen and oxygen atoms in total. The Hall–Kier alpha value is -2.82. The van der Waals surface area contributed by atoms with Crippen molar-refractivity contribution < 1.29 is 9.21 Å². The quantitative estimate of drug-likeness (QED) is 0.758. The average molecular weight is 282 g/mol. The molecule has 0 aliphatic carbocycles. The summed E-state index contributed by atoms with van der Waals surface area (Å²) in [6, 6.07) is 10.7. The molecule has 0 spiro atoms. The van der Waals surface area contributed by atoms with Gasteiger partial charge < -0.3 is 9.73 Å². The van der Waals surface area contributed by atoms with E-state index in [0.29, 0.717) is 22.4 Å². The SMILES string of the molecule is Cc1ccc(C)c(C(=O)Nc2ccc3oc(=O)[nH]c3c2)c1. The van der Waals surface area contributed by atoms with Gasteiger partial charge in [0.05, 0.1) is 5.52 Å². The maximum atomic E-state index is 12.3. The molecule has 0 atom stereocenters. The van der Waals surface area contributed by atoms with Gasteiger partial charge in [0, 0.05) is 11.3 Å². The average Bonchev–Trinajstić information content (AvgIpc) is 2.80. The molecule has 0 aliphatic heterocycles. The molecule has 5 heteroatoms. The molecule has 106 valence electrons. The summed E-state index contributed by atoms with van der Waals surface area (Å²) in [6.45, 7) is 3.84. The van der Waals surface area contributed by atoms with Gasteiger partial charge in [0.15, 0.2) is 5.58 Å². The number of aromatic amines is 1. The van der Waals surface area contributed by atoms with Gasteiger partial charge >= 0.3 is 5.76 Å². The summed E-state index contributed by atoms with van der Waals surface area (Å²) in [6.07, 6.45) is 0. The van der Waals surface area contributed by atoms with Crippen molar-refractivity contribution in [3.63, 3.8) is 0 Å². The number of aromatic nitrogens is 1. The van der Waals surface area contributed by atoms with Gasteiger partial charge in [-0.3, -0.25) is 9.78 Å². The van der Waals surface area contributed by atoms with Gasteiger partial charge in [0.2, 0.25) is 0 Å². The maximum Gasteiger partial charge on any atom is 0.417 e. The van der Waals surface area contributed by atoms with Gasteiger partial charge in [-0.15, -0.1) is 0 Å². The predicted molar refractivity (Wildman–Crippen MR) is 80.7 cm³/mol. The van der Waals surface area contributed by atoms with Crippen LogP contribution in [0.1, 0.15) is 21.5 Å². The molecule has 3 aromatic rings. The second-order valence-electron chi connectivity index (χ2n) is 5.00. The van der Waals surface area contributed by atoms with Crippen LogP contribution in [0.5, 0.6) is 0 Å². The molecule has 0 unspecified atom stereocenters. The minimum Gasteiger partial charge on any atom is -0.408 e. The second kappa shape index (κ2) is 4.94. The number of hydrogen-bond acceptors (Lipinski definition) is 3. The number of H-pyrrole nitrogens is 1. The Balaban J connectivity index is 1.92. The lowest BCUT2D eigenvalue weighted by Gasteiger charge is -2.08. The number of anilines is 1. The Bertz CT molecular complexity index is 890. The van der Waals surface area contributed by atoms with E-state index in [9.17, 15) is 9.59 Å². The summed E-state index contributed by atoms with van der Waals surface area (Å²) in [5, 5.41) is 2.83. The lowest BCUT2D eigenvalue weighted by atomic mass is 10.1. The molecule has 0 fully saturated rings. The lowest BCUT2D eigenvalue weighted by molar-refractivity contribution is 0.102. The number of nitrogens with one attached hydrogen (secondary N) is 2. The molecular weight excluding hydrogens is 268 g/mol. The number of hydrogen-bond donors (Lipinski definition) is 2. The van der Waals surface area contributed by atoms with Crippen molar-refractivity contribution >= 4 is 22.7 Å². The Morgan fingerprint density at radius 3 is 2.76 bits per heavy atom. The summed E-state index contributed by atoms with van der Waals surface area (Å²) in [7, 11) is 0. The molecular formula is C16H14N2O3. The summed E-state index contributed by atoms with van der Waals surface area (Å²) < 4.78 is 4.92. The summed E-state index contributed by atoms with van der Waals surface area (Å²) >= 11 is 0. The highest BCUT2D eigenvalue weighted by atomic mass is 16.4. The van der Waals surface area contributed by atoms with E-state index in [4.69, 9.17) is 4.42 Å². The van der Waals surface area contributed by atoms with Gasteiger partial charge in [-0.05, 0) is 43.7 Å². The fourth-order valence-corrected chi connectivity index (χ4v) is 2.21. The van der Waals surface area contributed by atoms with E-state index in [-0.39, 0.29) is 5.91 Å². The van der Waals surface area contributed by atoms with Crippen LogP contribution in [0.2, 0.25) is 0 Å². The van der Waals surface area contributed by atoms with Gasteiger partial charge in [-0.25, -0.2) is 4.79 Å². The molecule has 0 radical (unpaired) electrons. The fourth-order valence-electron chi connectivity index (χ4n) is 2.21. The largest absolute Gasteiger partial charge is 0.417 e. The molecule has 0 saturated carbocycles. The first-order chi connectivity index (χ1) is 10.0. The minimum atomic E-state index is -0.511. The van der Waals surface area contributed by atoms with Gasteiger partial charge in [-0.2, -0.15) is 0 Å². The van der Waals surface area contributed by atoms with E-state index in [1.54, 1.807) is 18.2 Å². The first-order valence-electron chi connectivity index (χ1n) is 6.54. The Kier molecular flexibility index (Phi) is 3.10. The molecule has 1 heterocycles. The molecule has 3 rings (SSSR count). The van der Waals surface area contributed by atoms with Crippen molar-refractivity contribution in [3.8, 4) is 0 Å². The van der Waals surface area contributed by atoms with Crippen LogP contribution < -0.4 is 11.1 Å². The molecule has 0 saturated heterocycles. The number of carbonyl (C=O) groups excluding carboxylic acids is 1. The number of carbonyl (C=O) groups is 1. The van der Waals surface area contributed by atoms with Crippen LogP contribution in [-0.2, 0) is 0 Å². The van der Waals surface area contributed by atoms with Crippen LogP contribution in [0, 0.1) is 13.8 Å². The standard InChI is InChI=1S/C16H14N2O3/c1-9-3-4-10(2)12(7-9)15(19)17-11-5-6-14-13(8-11)18-16(20)21-14/h3-8H,1-2H3,(H,17,19)(H,18,20). The summed E-state index contributed by atoms with van der Waals surface area (Å²) in [4.78, 5) is 26.0. The van der Waals surface area contributed by atoms with Crippen molar-refractivity contribution in [2.24, 2.45) is 0 Å². The highest BCUT2D eigenvalue weighted by Gasteiger charge is 2.10. The molecule has 0 bridgehead atoms. The van der Waals surface area contributed by atoms with E-state index in [1.807, 2.05) is 32.0 Å². The van der Waals surface area contributed by atoms with E-state index in [1.165, 1.54) is 0 Å². The van der Waals surface area contributed by atoms with Crippen LogP contribution >= 0.6 is 0 Å².